The van der Waals surface area contributed by atoms with Crippen molar-refractivity contribution in [2.45, 2.75) is 39.5 Å². The highest BCUT2D eigenvalue weighted by Gasteiger charge is 2.12. The largest absolute Gasteiger partial charge is 0.493 e. The summed E-state index contributed by atoms with van der Waals surface area (Å²) in [5, 5.41) is 2.22. The lowest BCUT2D eigenvalue weighted by Gasteiger charge is -2.16. The Morgan fingerprint density at radius 2 is 1.46 bits per heavy atom. The van der Waals surface area contributed by atoms with E-state index in [2.05, 4.69) is 38.1 Å². The third kappa shape index (κ3) is 5.19. The van der Waals surface area contributed by atoms with E-state index in [9.17, 15) is 0 Å². The number of benzene rings is 2. The number of alkyl halides is 2. The highest BCUT2D eigenvalue weighted by atomic mass is 35.5. The molecule has 0 saturated carbocycles. The van der Waals surface area contributed by atoms with Crippen LogP contribution in [0.2, 0.25) is 0 Å². The van der Waals surface area contributed by atoms with Gasteiger partial charge in [0.1, 0.15) is 11.5 Å². The molecular formula is C20H26Cl2O2. The molecule has 2 aromatic carbocycles. The first kappa shape index (κ1) is 19.2. The van der Waals surface area contributed by atoms with E-state index in [-0.39, 0.29) is 0 Å². The van der Waals surface area contributed by atoms with Crippen LogP contribution in [0.25, 0.3) is 10.8 Å². The first-order chi connectivity index (χ1) is 11.7. The van der Waals surface area contributed by atoms with Crippen LogP contribution in [-0.2, 0) is 0 Å². The number of aryl methyl sites for hydroxylation is 2. The van der Waals surface area contributed by atoms with E-state index >= 15 is 0 Å². The molecule has 0 N–H and O–H groups in total. The van der Waals surface area contributed by atoms with Crippen LogP contribution < -0.4 is 9.47 Å². The summed E-state index contributed by atoms with van der Waals surface area (Å²) in [4.78, 5) is 0. The van der Waals surface area contributed by atoms with Crippen molar-refractivity contribution in [1.29, 1.82) is 0 Å². The fraction of sp³-hybridized carbons (Fsp3) is 0.500. The van der Waals surface area contributed by atoms with Crippen LogP contribution in [0.1, 0.15) is 36.8 Å². The summed E-state index contributed by atoms with van der Waals surface area (Å²) >= 11 is 11.5. The summed E-state index contributed by atoms with van der Waals surface area (Å²) in [6.07, 6.45) is 3.87. The highest BCUT2D eigenvalue weighted by Crippen LogP contribution is 2.37. The van der Waals surface area contributed by atoms with Gasteiger partial charge in [-0.25, -0.2) is 0 Å². The molecule has 0 bridgehead atoms. The van der Waals surface area contributed by atoms with Crippen molar-refractivity contribution in [2.24, 2.45) is 0 Å². The van der Waals surface area contributed by atoms with Gasteiger partial charge >= 0.3 is 0 Å². The first-order valence-corrected chi connectivity index (χ1v) is 9.65. The van der Waals surface area contributed by atoms with Crippen LogP contribution in [-0.4, -0.2) is 25.0 Å². The lowest BCUT2D eigenvalue weighted by molar-refractivity contribution is 0.305. The molecule has 0 atom stereocenters. The molecule has 4 heteroatoms. The Bertz CT molecular complexity index is 656. The van der Waals surface area contributed by atoms with Gasteiger partial charge in [0, 0.05) is 22.5 Å². The number of unbranched alkanes of at least 4 members (excludes halogenated alkanes) is 2. The zero-order chi connectivity index (χ0) is 17.4. The Labute approximate surface area is 155 Å². The molecule has 0 saturated heterocycles. The van der Waals surface area contributed by atoms with Gasteiger partial charge in [0.2, 0.25) is 0 Å². The van der Waals surface area contributed by atoms with Crippen molar-refractivity contribution in [2.75, 3.05) is 25.0 Å². The maximum Gasteiger partial charge on any atom is 0.130 e. The van der Waals surface area contributed by atoms with Gasteiger partial charge in [0.25, 0.3) is 0 Å². The van der Waals surface area contributed by atoms with Gasteiger partial charge < -0.3 is 9.47 Å². The van der Waals surface area contributed by atoms with Crippen molar-refractivity contribution < 1.29 is 9.47 Å². The molecule has 0 spiro atoms. The molecule has 0 aliphatic heterocycles. The molecule has 0 aliphatic carbocycles. The molecule has 0 fully saturated rings. The summed E-state index contributed by atoms with van der Waals surface area (Å²) in [7, 11) is 0. The lowest BCUT2D eigenvalue weighted by Crippen LogP contribution is -2.03. The topological polar surface area (TPSA) is 18.5 Å². The molecule has 24 heavy (non-hydrogen) atoms. The van der Waals surface area contributed by atoms with E-state index in [4.69, 9.17) is 32.7 Å². The van der Waals surface area contributed by atoms with Gasteiger partial charge in [-0.2, -0.15) is 0 Å². The molecule has 0 radical (unpaired) electrons. The smallest absolute Gasteiger partial charge is 0.130 e. The Morgan fingerprint density at radius 3 is 2.12 bits per heavy atom. The Morgan fingerprint density at radius 1 is 0.792 bits per heavy atom. The van der Waals surface area contributed by atoms with E-state index in [1.54, 1.807) is 0 Å². The average Bonchev–Trinajstić information content (AvgIpc) is 2.57. The van der Waals surface area contributed by atoms with Crippen molar-refractivity contribution in [3.05, 3.63) is 35.4 Å². The van der Waals surface area contributed by atoms with Crippen molar-refractivity contribution in [3.8, 4) is 11.5 Å². The maximum atomic E-state index is 6.06. The lowest BCUT2D eigenvalue weighted by atomic mass is 10.0. The highest BCUT2D eigenvalue weighted by molar-refractivity contribution is 6.18. The van der Waals surface area contributed by atoms with Crippen molar-refractivity contribution in [3.63, 3.8) is 0 Å². The second kappa shape index (κ2) is 10.0. The van der Waals surface area contributed by atoms with E-state index in [1.165, 1.54) is 5.56 Å². The summed E-state index contributed by atoms with van der Waals surface area (Å²) in [6.45, 7) is 5.54. The van der Waals surface area contributed by atoms with Gasteiger partial charge in [-0.1, -0.05) is 17.7 Å². The number of hydrogen-bond donors (Lipinski definition) is 0. The Balaban J connectivity index is 2.26. The molecule has 0 heterocycles. The summed E-state index contributed by atoms with van der Waals surface area (Å²) in [5.41, 5.74) is 2.31. The van der Waals surface area contributed by atoms with Gasteiger partial charge in [-0.05, 0) is 57.2 Å². The van der Waals surface area contributed by atoms with Crippen LogP contribution in [0.15, 0.2) is 24.3 Å². The van der Waals surface area contributed by atoms with E-state index < -0.39 is 0 Å². The van der Waals surface area contributed by atoms with Crippen LogP contribution >= 0.6 is 23.2 Å². The zero-order valence-electron chi connectivity index (χ0n) is 14.5. The number of ether oxygens (including phenoxy) is 2. The van der Waals surface area contributed by atoms with Crippen LogP contribution in [0.3, 0.4) is 0 Å². The number of halogens is 2. The second-order valence-electron chi connectivity index (χ2n) is 6.06. The number of rotatable bonds is 10. The van der Waals surface area contributed by atoms with Gasteiger partial charge in [-0.15, -0.1) is 23.2 Å². The van der Waals surface area contributed by atoms with E-state index in [0.717, 1.165) is 53.5 Å². The standard InChI is InChI=1S/C20H26Cl2O2/c1-15-7-8-17-18(13-15)19(23-11-5-3-9-21)14-16(2)20(17)24-12-6-4-10-22/h7-8,13-14H,3-6,9-12H2,1-2H3. The Hall–Kier alpha value is -1.12. The van der Waals surface area contributed by atoms with Crippen LogP contribution in [0, 0.1) is 13.8 Å². The summed E-state index contributed by atoms with van der Waals surface area (Å²) in [5.74, 6) is 3.23. The SMILES string of the molecule is Cc1ccc2c(OCCCCCl)c(C)cc(OCCCCCl)c2c1. The summed E-state index contributed by atoms with van der Waals surface area (Å²) < 4.78 is 12.1. The van der Waals surface area contributed by atoms with Crippen LogP contribution in [0.4, 0.5) is 0 Å². The number of fused-ring (bicyclic) bond motifs is 1. The molecule has 0 unspecified atom stereocenters. The maximum absolute atomic E-state index is 6.06. The minimum atomic E-state index is 0.678. The summed E-state index contributed by atoms with van der Waals surface area (Å²) in [6, 6.07) is 8.49. The molecule has 2 aromatic rings. The molecule has 132 valence electrons. The van der Waals surface area contributed by atoms with E-state index in [1.807, 2.05) is 0 Å². The zero-order valence-corrected chi connectivity index (χ0v) is 16.1. The minimum Gasteiger partial charge on any atom is -0.493 e. The van der Waals surface area contributed by atoms with Gasteiger partial charge in [0.15, 0.2) is 0 Å². The normalized spacial score (nSPS) is 11.0. The second-order valence-corrected chi connectivity index (χ2v) is 6.81. The quantitative estimate of drug-likeness (QED) is 0.364. The third-order valence-electron chi connectivity index (χ3n) is 3.95. The third-order valence-corrected chi connectivity index (χ3v) is 4.49. The minimum absolute atomic E-state index is 0.678. The van der Waals surface area contributed by atoms with Crippen molar-refractivity contribution >= 4 is 34.0 Å². The molecular weight excluding hydrogens is 343 g/mol. The van der Waals surface area contributed by atoms with Crippen LogP contribution in [0.5, 0.6) is 11.5 Å². The predicted molar refractivity (Wildman–Crippen MR) is 104 cm³/mol. The predicted octanol–water partition coefficient (Wildman–Crippen LogP) is 6.25. The first-order valence-electron chi connectivity index (χ1n) is 8.59. The molecule has 2 nitrogen and oxygen atoms in total. The molecule has 0 amide bonds. The van der Waals surface area contributed by atoms with Gasteiger partial charge in [0.05, 0.1) is 13.2 Å². The average molecular weight is 369 g/mol. The van der Waals surface area contributed by atoms with Gasteiger partial charge in [-0.3, -0.25) is 0 Å². The number of hydrogen-bond acceptors (Lipinski definition) is 2. The van der Waals surface area contributed by atoms with Crippen molar-refractivity contribution in [1.82, 2.24) is 0 Å². The fourth-order valence-electron chi connectivity index (χ4n) is 2.67. The molecule has 0 aliphatic rings. The Kier molecular flexibility index (Phi) is 8.01. The molecule has 2 rings (SSSR count). The fourth-order valence-corrected chi connectivity index (χ4v) is 3.05. The van der Waals surface area contributed by atoms with E-state index in [0.29, 0.717) is 25.0 Å². The monoisotopic (exact) mass is 368 g/mol. The molecule has 0 aromatic heterocycles.